The second-order valence-electron chi connectivity index (χ2n) is 10.3. The van der Waals surface area contributed by atoms with Gasteiger partial charge in [0.15, 0.2) is 0 Å². The first kappa shape index (κ1) is 32.2. The molecular formula is C32H31Cl2F3N2O4. The lowest BCUT2D eigenvalue weighted by atomic mass is 9.74. The van der Waals surface area contributed by atoms with Crippen LogP contribution < -0.4 is 10.1 Å². The van der Waals surface area contributed by atoms with Crippen molar-refractivity contribution >= 4 is 46.0 Å². The Labute approximate surface area is 257 Å². The van der Waals surface area contributed by atoms with Gasteiger partial charge in [-0.3, -0.25) is 9.59 Å². The van der Waals surface area contributed by atoms with Crippen LogP contribution in [0.1, 0.15) is 71.5 Å². The van der Waals surface area contributed by atoms with Crippen LogP contribution in [-0.2, 0) is 11.8 Å². The molecule has 1 aromatic heterocycles. The molecule has 1 amide bonds. The van der Waals surface area contributed by atoms with Crippen molar-refractivity contribution in [1.82, 2.24) is 9.88 Å². The molecule has 0 aliphatic carbocycles. The van der Waals surface area contributed by atoms with Gasteiger partial charge in [-0.05, 0) is 65.4 Å². The third-order valence-corrected chi connectivity index (χ3v) is 7.84. The van der Waals surface area contributed by atoms with Crippen LogP contribution >= 0.6 is 23.2 Å². The fourth-order valence-corrected chi connectivity index (χ4v) is 6.08. The predicted molar refractivity (Wildman–Crippen MR) is 161 cm³/mol. The fraction of sp³-hybridized carbons (Fsp3) is 0.312. The molecule has 0 fully saturated rings. The number of hydrogen-bond acceptors (Lipinski definition) is 3. The molecular weight excluding hydrogens is 604 g/mol. The van der Waals surface area contributed by atoms with E-state index in [2.05, 4.69) is 17.0 Å². The molecule has 3 aromatic carbocycles. The molecule has 228 valence electrons. The van der Waals surface area contributed by atoms with E-state index in [1.807, 2.05) is 36.0 Å². The summed E-state index contributed by atoms with van der Waals surface area (Å²) in [6.45, 7) is 2.09. The number of unbranched alkanes of at least 4 members (excludes halogenated alkanes) is 1. The molecule has 0 aliphatic rings. The van der Waals surface area contributed by atoms with Gasteiger partial charge in [0.25, 0.3) is 5.91 Å². The third-order valence-electron chi connectivity index (χ3n) is 7.33. The number of carbonyl (C=O) groups is 2. The Morgan fingerprint density at radius 3 is 2.28 bits per heavy atom. The van der Waals surface area contributed by atoms with E-state index < -0.39 is 12.3 Å². The van der Waals surface area contributed by atoms with Gasteiger partial charge in [-0.2, -0.15) is 0 Å². The van der Waals surface area contributed by atoms with Crippen LogP contribution in [0.4, 0.5) is 13.2 Å². The number of benzene rings is 3. The Morgan fingerprint density at radius 1 is 1.02 bits per heavy atom. The fourth-order valence-electron chi connectivity index (χ4n) is 5.46. The number of fused-ring (bicyclic) bond motifs is 1. The zero-order chi connectivity index (χ0) is 31.3. The average Bonchev–Trinajstić information content (AvgIpc) is 3.26. The van der Waals surface area contributed by atoms with Crippen LogP contribution in [0.5, 0.6) is 5.75 Å². The van der Waals surface area contributed by atoms with Gasteiger partial charge >= 0.3 is 12.3 Å². The van der Waals surface area contributed by atoms with E-state index >= 15 is 0 Å². The monoisotopic (exact) mass is 634 g/mol. The molecule has 6 nitrogen and oxygen atoms in total. The largest absolute Gasteiger partial charge is 0.573 e. The number of carbonyl (C=O) groups excluding carboxylic acids is 1. The number of carboxylic acid groups (broad SMARTS) is 1. The van der Waals surface area contributed by atoms with Gasteiger partial charge in [-0.1, -0.05) is 67.2 Å². The summed E-state index contributed by atoms with van der Waals surface area (Å²) >= 11 is 13.0. The maximum Gasteiger partial charge on any atom is 0.573 e. The number of aromatic nitrogens is 1. The van der Waals surface area contributed by atoms with Crippen LogP contribution in [0.15, 0.2) is 66.9 Å². The van der Waals surface area contributed by atoms with Crippen molar-refractivity contribution in [2.24, 2.45) is 7.05 Å². The van der Waals surface area contributed by atoms with Crippen LogP contribution in [0.3, 0.4) is 0 Å². The van der Waals surface area contributed by atoms with E-state index in [1.165, 1.54) is 12.1 Å². The molecule has 2 atom stereocenters. The summed E-state index contributed by atoms with van der Waals surface area (Å²) in [6, 6.07) is 16.5. The van der Waals surface area contributed by atoms with E-state index in [9.17, 15) is 22.8 Å². The number of amides is 1. The summed E-state index contributed by atoms with van der Waals surface area (Å²) in [5, 5.41) is 13.2. The normalized spacial score (nSPS) is 13.1. The molecule has 0 aliphatic heterocycles. The van der Waals surface area contributed by atoms with E-state index in [0.717, 1.165) is 46.9 Å². The lowest BCUT2D eigenvalue weighted by Gasteiger charge is -2.29. The van der Waals surface area contributed by atoms with Gasteiger partial charge in [0.05, 0.1) is 17.0 Å². The topological polar surface area (TPSA) is 80.6 Å². The lowest BCUT2D eigenvalue weighted by molar-refractivity contribution is -0.274. The lowest BCUT2D eigenvalue weighted by Crippen LogP contribution is -2.26. The zero-order valence-corrected chi connectivity index (χ0v) is 25.1. The summed E-state index contributed by atoms with van der Waals surface area (Å²) in [4.78, 5) is 23.4. The van der Waals surface area contributed by atoms with Crippen molar-refractivity contribution < 1.29 is 32.6 Å². The predicted octanol–water partition coefficient (Wildman–Crippen LogP) is 8.69. The molecule has 2 N–H and O–H groups in total. The number of ether oxygens (including phenoxy) is 1. The summed E-state index contributed by atoms with van der Waals surface area (Å²) in [5.74, 6) is -2.16. The molecule has 2 unspecified atom stereocenters. The minimum atomic E-state index is -4.81. The minimum absolute atomic E-state index is 0.0113. The van der Waals surface area contributed by atoms with Gasteiger partial charge in [-0.25, -0.2) is 0 Å². The quantitative estimate of drug-likeness (QED) is 0.163. The number of rotatable bonds is 12. The number of alkyl halides is 3. The summed E-state index contributed by atoms with van der Waals surface area (Å²) in [7, 11) is 1.88. The van der Waals surface area contributed by atoms with Crippen molar-refractivity contribution in [3.8, 4) is 5.75 Å². The standard InChI is InChI=1S/C32H31Cl2F3N2O4/c1-3-4-5-24(19-6-8-21(9-7-19)31(42)38-15-14-28(40)41)29(20-10-12-23(13-11-20)43-32(35,36)37)26-18-39(2)30-25(26)16-22(33)17-27(30)34/h6-13,16-18,24,29H,3-5,14-15H2,1-2H3,(H,38,42)(H,40,41). The minimum Gasteiger partial charge on any atom is -0.481 e. The Balaban J connectivity index is 1.82. The van der Waals surface area contributed by atoms with E-state index in [4.69, 9.17) is 28.3 Å². The highest BCUT2D eigenvalue weighted by atomic mass is 35.5. The molecule has 4 rings (SSSR count). The maximum absolute atomic E-state index is 12.9. The SMILES string of the molecule is CCCCC(c1ccc(C(=O)NCCC(=O)O)cc1)C(c1ccc(OC(F)(F)F)cc1)c1cn(C)c2c(Cl)cc(Cl)cc12. The zero-order valence-electron chi connectivity index (χ0n) is 23.6. The summed E-state index contributed by atoms with van der Waals surface area (Å²) in [5.41, 5.74) is 3.78. The van der Waals surface area contributed by atoms with Gasteiger partial charge in [0.1, 0.15) is 5.75 Å². The molecule has 1 heterocycles. The van der Waals surface area contributed by atoms with E-state index in [1.54, 1.807) is 30.3 Å². The second kappa shape index (κ2) is 13.7. The molecule has 0 radical (unpaired) electrons. The summed E-state index contributed by atoms with van der Waals surface area (Å²) < 4.78 is 44.7. The van der Waals surface area contributed by atoms with Crippen LogP contribution in [-0.4, -0.2) is 34.5 Å². The Morgan fingerprint density at radius 2 is 1.67 bits per heavy atom. The van der Waals surface area contributed by atoms with Crippen LogP contribution in [0.2, 0.25) is 10.0 Å². The number of halogens is 5. The molecule has 0 spiro atoms. The highest BCUT2D eigenvalue weighted by molar-refractivity contribution is 6.38. The Kier molecular flexibility index (Phi) is 10.3. The van der Waals surface area contributed by atoms with E-state index in [-0.39, 0.29) is 36.5 Å². The first-order chi connectivity index (χ1) is 20.4. The number of carboxylic acids is 1. The van der Waals surface area contributed by atoms with Crippen molar-refractivity contribution in [2.45, 2.75) is 50.8 Å². The van der Waals surface area contributed by atoms with Gasteiger partial charge in [-0.15, -0.1) is 13.2 Å². The number of nitrogens with zero attached hydrogens (tertiary/aromatic N) is 1. The smallest absolute Gasteiger partial charge is 0.481 e. The molecule has 0 saturated heterocycles. The highest BCUT2D eigenvalue weighted by Crippen LogP contribution is 2.46. The van der Waals surface area contributed by atoms with Gasteiger partial charge < -0.3 is 19.7 Å². The van der Waals surface area contributed by atoms with Crippen molar-refractivity contribution in [1.29, 1.82) is 0 Å². The van der Waals surface area contributed by atoms with Crippen molar-refractivity contribution in [3.63, 3.8) is 0 Å². The first-order valence-corrected chi connectivity index (χ1v) is 14.5. The van der Waals surface area contributed by atoms with Crippen LogP contribution in [0, 0.1) is 0 Å². The molecule has 11 heteroatoms. The highest BCUT2D eigenvalue weighted by Gasteiger charge is 2.32. The Bertz CT molecular complexity index is 1590. The maximum atomic E-state index is 12.9. The Hall–Kier alpha value is -3.69. The van der Waals surface area contributed by atoms with Crippen molar-refractivity contribution in [2.75, 3.05) is 6.54 Å². The van der Waals surface area contributed by atoms with Crippen LogP contribution in [0.25, 0.3) is 10.9 Å². The number of nitrogens with one attached hydrogen (secondary N) is 1. The number of hydrogen-bond donors (Lipinski definition) is 2. The molecule has 0 saturated carbocycles. The average molecular weight is 636 g/mol. The van der Waals surface area contributed by atoms with Gasteiger partial charge in [0, 0.05) is 41.7 Å². The van der Waals surface area contributed by atoms with Crippen molar-refractivity contribution in [3.05, 3.63) is 99.2 Å². The molecule has 0 bridgehead atoms. The number of aliphatic carboxylic acids is 1. The second-order valence-corrected chi connectivity index (χ2v) is 11.2. The molecule has 43 heavy (non-hydrogen) atoms. The summed E-state index contributed by atoms with van der Waals surface area (Å²) in [6.07, 6.45) is -0.484. The van der Waals surface area contributed by atoms with Gasteiger partial charge in [0.2, 0.25) is 0 Å². The number of aryl methyl sites for hydroxylation is 1. The molecule has 4 aromatic rings. The third kappa shape index (κ3) is 8.03. The first-order valence-electron chi connectivity index (χ1n) is 13.8. The van der Waals surface area contributed by atoms with E-state index in [0.29, 0.717) is 15.6 Å².